The van der Waals surface area contributed by atoms with Crippen LogP contribution in [0.15, 0.2) is 23.6 Å². The Morgan fingerprint density at radius 1 is 1.16 bits per heavy atom. The third-order valence-electron chi connectivity index (χ3n) is 7.04. The third kappa shape index (κ3) is 5.67. The van der Waals surface area contributed by atoms with E-state index in [2.05, 4.69) is 15.6 Å². The Labute approximate surface area is 225 Å². The van der Waals surface area contributed by atoms with Crippen molar-refractivity contribution in [3.8, 4) is 10.6 Å². The molecule has 2 aliphatic heterocycles. The highest BCUT2D eigenvalue weighted by Crippen LogP contribution is 2.37. The molecule has 38 heavy (non-hydrogen) atoms. The zero-order chi connectivity index (χ0) is 27.0. The Morgan fingerprint density at radius 2 is 1.95 bits per heavy atom. The van der Waals surface area contributed by atoms with Crippen LogP contribution in [0.2, 0.25) is 0 Å². The van der Waals surface area contributed by atoms with Gasteiger partial charge in [0.25, 0.3) is 11.7 Å². The molecule has 11 heteroatoms. The smallest absolute Gasteiger partial charge is 0.410 e. The second-order valence-electron chi connectivity index (χ2n) is 11.2. The normalized spacial score (nSPS) is 19.7. The van der Waals surface area contributed by atoms with Gasteiger partial charge in [-0.3, -0.25) is 14.9 Å². The van der Waals surface area contributed by atoms with Crippen molar-refractivity contribution in [2.45, 2.75) is 64.5 Å². The number of amides is 4. The number of hydrogen-bond donors (Lipinski definition) is 2. The van der Waals surface area contributed by atoms with Gasteiger partial charge in [0.2, 0.25) is 0 Å². The number of urea groups is 1. The number of ether oxygens (including phenoxy) is 1. The Balaban J connectivity index is 1.19. The van der Waals surface area contributed by atoms with Gasteiger partial charge in [0.05, 0.1) is 11.3 Å². The van der Waals surface area contributed by atoms with Crippen molar-refractivity contribution in [2.75, 3.05) is 29.9 Å². The van der Waals surface area contributed by atoms with E-state index in [9.17, 15) is 19.2 Å². The number of benzene rings is 1. The molecule has 5 rings (SSSR count). The summed E-state index contributed by atoms with van der Waals surface area (Å²) in [6, 6.07) is 4.78. The van der Waals surface area contributed by atoms with Gasteiger partial charge in [-0.2, -0.15) is 0 Å². The minimum absolute atomic E-state index is 0.197. The van der Waals surface area contributed by atoms with Crippen LogP contribution in [0.25, 0.3) is 10.6 Å². The number of Topliss-reactive ketones (excluding diaryl/α,β-unsaturated/α-hetero) is 1. The SMILES string of the molecule is CC(C)(C)OC(=O)N1CCC[C@H](NC(=O)Nc2csc(-c3ccc4c(c3)C(=O)C(=O)N4CC3CCC3)n2)C1. The molecule has 1 atom stereocenters. The molecule has 0 radical (unpaired) electrons. The van der Waals surface area contributed by atoms with Crippen LogP contribution in [-0.4, -0.2) is 65.0 Å². The third-order valence-corrected chi connectivity index (χ3v) is 7.93. The van der Waals surface area contributed by atoms with E-state index < -0.39 is 23.3 Å². The fraction of sp³-hybridized carbons (Fsp3) is 0.519. The van der Waals surface area contributed by atoms with E-state index in [-0.39, 0.29) is 12.1 Å². The highest BCUT2D eigenvalue weighted by atomic mass is 32.1. The van der Waals surface area contributed by atoms with Gasteiger partial charge in [0.1, 0.15) is 16.4 Å². The number of rotatable bonds is 5. The van der Waals surface area contributed by atoms with Gasteiger partial charge in [-0.1, -0.05) is 6.42 Å². The van der Waals surface area contributed by atoms with Crippen LogP contribution in [0.4, 0.5) is 21.1 Å². The second-order valence-corrected chi connectivity index (χ2v) is 12.0. The molecule has 2 aromatic rings. The summed E-state index contributed by atoms with van der Waals surface area (Å²) in [6.45, 7) is 7.04. The van der Waals surface area contributed by atoms with Gasteiger partial charge < -0.3 is 19.9 Å². The van der Waals surface area contributed by atoms with Crippen molar-refractivity contribution in [1.29, 1.82) is 0 Å². The van der Waals surface area contributed by atoms with Gasteiger partial charge in [0.15, 0.2) is 0 Å². The van der Waals surface area contributed by atoms with Crippen LogP contribution in [0.5, 0.6) is 0 Å². The predicted octanol–water partition coefficient (Wildman–Crippen LogP) is 4.66. The maximum Gasteiger partial charge on any atom is 0.410 e. The van der Waals surface area contributed by atoms with Crippen LogP contribution in [-0.2, 0) is 9.53 Å². The fourth-order valence-electron chi connectivity index (χ4n) is 4.94. The van der Waals surface area contributed by atoms with E-state index in [1.165, 1.54) is 17.8 Å². The van der Waals surface area contributed by atoms with Crippen molar-refractivity contribution in [3.05, 3.63) is 29.1 Å². The molecule has 1 saturated heterocycles. The number of anilines is 2. The van der Waals surface area contributed by atoms with Gasteiger partial charge >= 0.3 is 12.1 Å². The lowest BCUT2D eigenvalue weighted by molar-refractivity contribution is -0.114. The predicted molar refractivity (Wildman–Crippen MR) is 145 cm³/mol. The number of piperidine rings is 1. The summed E-state index contributed by atoms with van der Waals surface area (Å²) in [5.41, 5.74) is 1.21. The number of nitrogens with zero attached hydrogens (tertiary/aromatic N) is 3. The van der Waals surface area contributed by atoms with Crippen LogP contribution in [0.3, 0.4) is 0 Å². The number of ketones is 1. The molecule has 0 bridgehead atoms. The van der Waals surface area contributed by atoms with Gasteiger partial charge in [-0.05, 0) is 70.6 Å². The number of carbonyl (C=O) groups excluding carboxylic acids is 4. The molecule has 202 valence electrons. The van der Waals surface area contributed by atoms with Gasteiger partial charge in [-0.15, -0.1) is 11.3 Å². The molecule has 4 amide bonds. The first kappa shape index (κ1) is 26.1. The van der Waals surface area contributed by atoms with Crippen molar-refractivity contribution >= 4 is 46.7 Å². The van der Waals surface area contributed by atoms with Gasteiger partial charge in [0, 0.05) is 36.6 Å². The minimum Gasteiger partial charge on any atom is -0.444 e. The minimum atomic E-state index is -0.575. The van der Waals surface area contributed by atoms with Crippen molar-refractivity contribution in [2.24, 2.45) is 5.92 Å². The lowest BCUT2D eigenvalue weighted by atomic mass is 9.85. The second kappa shape index (κ2) is 10.4. The zero-order valence-electron chi connectivity index (χ0n) is 21.9. The summed E-state index contributed by atoms with van der Waals surface area (Å²) in [5.74, 6) is -0.0968. The van der Waals surface area contributed by atoms with Crippen LogP contribution in [0.1, 0.15) is 63.2 Å². The van der Waals surface area contributed by atoms with E-state index in [1.807, 2.05) is 32.9 Å². The quantitative estimate of drug-likeness (QED) is 0.533. The first-order valence-corrected chi connectivity index (χ1v) is 14.0. The van der Waals surface area contributed by atoms with E-state index in [4.69, 9.17) is 4.74 Å². The van der Waals surface area contributed by atoms with E-state index in [0.29, 0.717) is 53.2 Å². The lowest BCUT2D eigenvalue weighted by Crippen LogP contribution is -2.51. The summed E-state index contributed by atoms with van der Waals surface area (Å²) in [5, 5.41) is 8.03. The fourth-order valence-corrected chi connectivity index (χ4v) is 5.69. The first-order valence-electron chi connectivity index (χ1n) is 13.1. The largest absolute Gasteiger partial charge is 0.444 e. The molecule has 10 nitrogen and oxygen atoms in total. The average molecular weight is 540 g/mol. The number of nitrogens with one attached hydrogen (secondary N) is 2. The number of aromatic nitrogens is 1. The van der Waals surface area contributed by atoms with E-state index in [0.717, 1.165) is 25.7 Å². The molecule has 0 spiro atoms. The number of carbonyl (C=O) groups is 4. The molecule has 1 aliphatic carbocycles. The van der Waals surface area contributed by atoms with Crippen LogP contribution >= 0.6 is 11.3 Å². The first-order chi connectivity index (χ1) is 18.1. The van der Waals surface area contributed by atoms with Crippen molar-refractivity contribution < 1.29 is 23.9 Å². The maximum absolute atomic E-state index is 12.6. The van der Waals surface area contributed by atoms with Crippen molar-refractivity contribution in [3.63, 3.8) is 0 Å². The Bertz CT molecular complexity index is 1260. The topological polar surface area (TPSA) is 121 Å². The molecule has 1 aromatic heterocycles. The lowest BCUT2D eigenvalue weighted by Gasteiger charge is -2.34. The molecular formula is C27H33N5O5S. The monoisotopic (exact) mass is 539 g/mol. The molecule has 3 heterocycles. The summed E-state index contributed by atoms with van der Waals surface area (Å²) in [7, 11) is 0. The highest BCUT2D eigenvalue weighted by molar-refractivity contribution is 7.13. The molecule has 1 aromatic carbocycles. The van der Waals surface area contributed by atoms with Crippen LogP contribution < -0.4 is 15.5 Å². The molecule has 3 aliphatic rings. The molecule has 0 unspecified atom stereocenters. The van der Waals surface area contributed by atoms with E-state index >= 15 is 0 Å². The van der Waals surface area contributed by atoms with Crippen LogP contribution in [0, 0.1) is 5.92 Å². The number of fused-ring (bicyclic) bond motifs is 1. The number of likely N-dealkylation sites (tertiary alicyclic amines) is 1. The maximum atomic E-state index is 12.6. The molecular weight excluding hydrogens is 506 g/mol. The summed E-state index contributed by atoms with van der Waals surface area (Å²) < 4.78 is 5.45. The molecule has 1 saturated carbocycles. The zero-order valence-corrected chi connectivity index (χ0v) is 22.7. The highest BCUT2D eigenvalue weighted by Gasteiger charge is 2.38. The summed E-state index contributed by atoms with van der Waals surface area (Å²) in [4.78, 5) is 58.0. The van der Waals surface area contributed by atoms with Gasteiger partial charge in [-0.25, -0.2) is 14.6 Å². The van der Waals surface area contributed by atoms with Crippen molar-refractivity contribution in [1.82, 2.24) is 15.2 Å². The molecule has 2 fully saturated rings. The Hall–Kier alpha value is -3.47. The summed E-state index contributed by atoms with van der Waals surface area (Å²) >= 11 is 1.34. The Morgan fingerprint density at radius 3 is 2.66 bits per heavy atom. The average Bonchev–Trinajstić information content (AvgIpc) is 3.38. The number of thiazole rings is 1. The standard InChI is InChI=1S/C27H33N5O5S/c1-27(2,3)37-26(36)31-11-5-8-18(14-31)28-25(35)30-21-15-38-23(29-21)17-9-10-20-19(12-17)22(33)24(34)32(20)13-16-6-4-7-16/h9-10,12,15-16,18H,4-8,11,13-14H2,1-3H3,(H2,28,30,35)/t18-/m0/s1. The van der Waals surface area contributed by atoms with E-state index in [1.54, 1.807) is 21.2 Å². The summed E-state index contributed by atoms with van der Waals surface area (Å²) in [6.07, 6.45) is 4.51. The number of hydrogen-bond acceptors (Lipinski definition) is 7. The Kier molecular flexibility index (Phi) is 7.13. The molecule has 2 N–H and O–H groups in total.